The number of halogens is 2. The van der Waals surface area contributed by atoms with Gasteiger partial charge in [-0.25, -0.2) is 9.59 Å². The molecule has 7 nitrogen and oxygen atoms in total. The van der Waals surface area contributed by atoms with E-state index < -0.39 is 18.2 Å². The summed E-state index contributed by atoms with van der Waals surface area (Å²) >= 11 is 11.8. The van der Waals surface area contributed by atoms with E-state index in [4.69, 9.17) is 32.4 Å². The Hall–Kier alpha value is -2.38. The first-order valence-corrected chi connectivity index (χ1v) is 7.96. The molecule has 0 radical (unpaired) electrons. The molecule has 0 saturated carbocycles. The van der Waals surface area contributed by atoms with Crippen LogP contribution in [0.2, 0.25) is 10.0 Å². The highest BCUT2D eigenvalue weighted by atomic mass is 35.5. The van der Waals surface area contributed by atoms with E-state index in [2.05, 4.69) is 10.1 Å². The molecule has 0 aliphatic heterocycles. The molecule has 2 rings (SSSR count). The molecule has 0 aliphatic carbocycles. The van der Waals surface area contributed by atoms with Crippen LogP contribution >= 0.6 is 23.2 Å². The minimum atomic E-state index is -1.24. The van der Waals surface area contributed by atoms with Gasteiger partial charge in [0.1, 0.15) is 11.5 Å². The number of ether oxygens (including phenoxy) is 2. The first-order valence-electron chi connectivity index (χ1n) is 7.20. The summed E-state index contributed by atoms with van der Waals surface area (Å²) in [6, 6.07) is 4.63. The summed E-state index contributed by atoms with van der Waals surface area (Å²) in [5.41, 5.74) is 0.395. The predicted octanol–water partition coefficient (Wildman–Crippen LogP) is 4.67. The molecular formula is C16H15Cl2NO6. The summed E-state index contributed by atoms with van der Waals surface area (Å²) in [5, 5.41) is 12.9. The maximum absolute atomic E-state index is 11.6. The Bertz CT molecular complexity index is 769. The van der Waals surface area contributed by atoms with Crippen LogP contribution < -0.4 is 10.1 Å². The predicted molar refractivity (Wildman–Crippen MR) is 91.6 cm³/mol. The van der Waals surface area contributed by atoms with E-state index in [0.29, 0.717) is 15.7 Å². The van der Waals surface area contributed by atoms with Crippen molar-refractivity contribution in [2.45, 2.75) is 19.9 Å². The summed E-state index contributed by atoms with van der Waals surface area (Å²) in [5.74, 6) is -0.848. The number of rotatable bonds is 6. The maximum atomic E-state index is 11.6. The second-order valence-electron chi connectivity index (χ2n) is 4.93. The van der Waals surface area contributed by atoms with Crippen LogP contribution in [0.4, 0.5) is 10.5 Å². The quantitative estimate of drug-likeness (QED) is 0.694. The van der Waals surface area contributed by atoms with Crippen molar-refractivity contribution in [2.75, 3.05) is 11.9 Å². The van der Waals surface area contributed by atoms with Crippen molar-refractivity contribution in [2.24, 2.45) is 0 Å². The molecule has 0 amide bonds. The lowest BCUT2D eigenvalue weighted by atomic mass is 10.2. The van der Waals surface area contributed by atoms with Crippen molar-refractivity contribution in [3.63, 3.8) is 0 Å². The molecule has 0 bridgehead atoms. The topological polar surface area (TPSA) is 98.0 Å². The van der Waals surface area contributed by atoms with Gasteiger partial charge in [-0.05, 0) is 32.0 Å². The van der Waals surface area contributed by atoms with Crippen molar-refractivity contribution < 1.29 is 28.6 Å². The highest BCUT2D eigenvalue weighted by Crippen LogP contribution is 2.31. The summed E-state index contributed by atoms with van der Waals surface area (Å²) in [6.45, 7) is 3.32. The number of aliphatic carboxylic acids is 1. The fourth-order valence-electron chi connectivity index (χ4n) is 2.03. The lowest BCUT2D eigenvalue weighted by molar-refractivity contribution is -0.138. The number of nitrogens with one attached hydrogen (secondary N) is 1. The first-order chi connectivity index (χ1) is 11.8. The van der Waals surface area contributed by atoms with Gasteiger partial charge >= 0.3 is 12.1 Å². The van der Waals surface area contributed by atoms with Crippen LogP contribution in [0, 0.1) is 6.92 Å². The molecule has 25 heavy (non-hydrogen) atoms. The Kier molecular flexibility index (Phi) is 6.17. The third-order valence-electron chi connectivity index (χ3n) is 3.05. The van der Waals surface area contributed by atoms with E-state index in [-0.39, 0.29) is 23.9 Å². The zero-order valence-electron chi connectivity index (χ0n) is 13.3. The Balaban J connectivity index is 2.25. The molecule has 0 fully saturated rings. The molecular weight excluding hydrogens is 373 g/mol. The van der Waals surface area contributed by atoms with Crippen LogP contribution in [0.3, 0.4) is 0 Å². The van der Waals surface area contributed by atoms with E-state index in [1.807, 2.05) is 0 Å². The maximum Gasteiger partial charge on any atom is 0.513 e. The van der Waals surface area contributed by atoms with E-state index in [1.165, 1.54) is 31.2 Å². The number of hydrogen-bond donors (Lipinski definition) is 2. The number of carbonyl (C=O) groups excluding carboxylic acids is 1. The first kappa shape index (κ1) is 19.0. The van der Waals surface area contributed by atoms with Crippen molar-refractivity contribution in [1.29, 1.82) is 0 Å². The zero-order valence-corrected chi connectivity index (χ0v) is 14.9. The van der Waals surface area contributed by atoms with Crippen LogP contribution in [0.1, 0.15) is 24.5 Å². The van der Waals surface area contributed by atoms with Crippen LogP contribution in [0.5, 0.6) is 5.75 Å². The second-order valence-corrected chi connectivity index (χ2v) is 5.80. The van der Waals surface area contributed by atoms with Gasteiger partial charge in [0.05, 0.1) is 6.61 Å². The zero-order chi connectivity index (χ0) is 18.6. The molecule has 0 aliphatic rings. The second kappa shape index (κ2) is 8.13. The molecule has 0 saturated heterocycles. The molecule has 2 N–H and O–H groups in total. The van der Waals surface area contributed by atoms with Crippen LogP contribution in [-0.4, -0.2) is 23.8 Å². The normalized spacial score (nSPS) is 11.7. The number of furan rings is 1. The number of carboxylic acids is 1. The third kappa shape index (κ3) is 5.04. The van der Waals surface area contributed by atoms with Gasteiger partial charge in [0, 0.05) is 21.8 Å². The number of anilines is 1. The van der Waals surface area contributed by atoms with Gasteiger partial charge in [-0.2, -0.15) is 0 Å². The third-order valence-corrected chi connectivity index (χ3v) is 3.49. The van der Waals surface area contributed by atoms with E-state index in [9.17, 15) is 14.7 Å². The highest BCUT2D eigenvalue weighted by molar-refractivity contribution is 6.35. The number of carbonyl (C=O) groups is 2. The monoisotopic (exact) mass is 387 g/mol. The minimum absolute atomic E-state index is 0.0420. The molecule has 1 unspecified atom stereocenters. The number of carboxylic acid groups (broad SMARTS) is 1. The Morgan fingerprint density at radius 2 is 1.88 bits per heavy atom. The van der Waals surface area contributed by atoms with Gasteiger partial charge in [0.15, 0.2) is 11.8 Å². The minimum Gasteiger partial charge on any atom is -0.479 e. The molecule has 1 heterocycles. The number of hydrogen-bond acceptors (Lipinski definition) is 6. The van der Waals surface area contributed by atoms with E-state index in [0.717, 1.165) is 0 Å². The van der Waals surface area contributed by atoms with Gasteiger partial charge < -0.3 is 24.3 Å². The van der Waals surface area contributed by atoms with Gasteiger partial charge in [-0.3, -0.25) is 0 Å². The molecule has 1 aromatic heterocycles. The smallest absolute Gasteiger partial charge is 0.479 e. The van der Waals surface area contributed by atoms with Crippen LogP contribution in [0.15, 0.2) is 28.7 Å². The summed E-state index contributed by atoms with van der Waals surface area (Å²) in [4.78, 5) is 23.0. The van der Waals surface area contributed by atoms with Gasteiger partial charge in [0.25, 0.3) is 0 Å². The summed E-state index contributed by atoms with van der Waals surface area (Å²) in [7, 11) is 0. The number of aryl methyl sites for hydroxylation is 1. The molecule has 9 heteroatoms. The number of benzene rings is 1. The Labute approximate surface area is 153 Å². The Morgan fingerprint density at radius 3 is 2.44 bits per heavy atom. The van der Waals surface area contributed by atoms with Gasteiger partial charge in [0.2, 0.25) is 0 Å². The van der Waals surface area contributed by atoms with Gasteiger partial charge in [-0.1, -0.05) is 23.2 Å². The molecule has 1 atom stereocenters. The van der Waals surface area contributed by atoms with Crippen LogP contribution in [0.25, 0.3) is 0 Å². The SMILES string of the molecule is CCOC(=O)Oc1cc(C(Nc2cc(Cl)cc(Cl)c2)C(=O)O)oc1C. The van der Waals surface area contributed by atoms with Crippen molar-refractivity contribution >= 4 is 41.0 Å². The molecule has 0 spiro atoms. The van der Waals surface area contributed by atoms with Crippen molar-refractivity contribution in [3.8, 4) is 5.75 Å². The Morgan fingerprint density at radius 1 is 1.24 bits per heavy atom. The summed E-state index contributed by atoms with van der Waals surface area (Å²) in [6.07, 6.45) is -0.903. The molecule has 134 valence electrons. The highest BCUT2D eigenvalue weighted by Gasteiger charge is 2.26. The lowest BCUT2D eigenvalue weighted by Crippen LogP contribution is -2.20. The average molecular weight is 388 g/mol. The standard InChI is InChI=1S/C16H15Cl2NO6/c1-3-23-16(22)25-12-7-13(24-8(12)2)14(15(20)21)19-11-5-9(17)4-10(18)6-11/h4-7,14,19H,3H2,1-2H3,(H,20,21). The van der Waals surface area contributed by atoms with Crippen molar-refractivity contribution in [1.82, 2.24) is 0 Å². The molecule has 1 aromatic carbocycles. The van der Waals surface area contributed by atoms with Crippen LogP contribution in [-0.2, 0) is 9.53 Å². The van der Waals surface area contributed by atoms with E-state index >= 15 is 0 Å². The van der Waals surface area contributed by atoms with E-state index in [1.54, 1.807) is 6.92 Å². The summed E-state index contributed by atoms with van der Waals surface area (Å²) < 4.78 is 15.1. The van der Waals surface area contributed by atoms with Gasteiger partial charge in [-0.15, -0.1) is 0 Å². The lowest BCUT2D eigenvalue weighted by Gasteiger charge is -2.14. The largest absolute Gasteiger partial charge is 0.513 e. The molecule has 2 aromatic rings. The fourth-order valence-corrected chi connectivity index (χ4v) is 2.55. The average Bonchev–Trinajstić information content (AvgIpc) is 2.84. The van der Waals surface area contributed by atoms with Crippen molar-refractivity contribution in [3.05, 3.63) is 45.8 Å². The fraction of sp³-hybridized carbons (Fsp3) is 0.250.